The Balaban J connectivity index is 2.06. The molecule has 0 aliphatic heterocycles. The second-order valence-corrected chi connectivity index (χ2v) is 7.14. The van der Waals surface area contributed by atoms with Gasteiger partial charge in [0.15, 0.2) is 0 Å². The van der Waals surface area contributed by atoms with Crippen LogP contribution < -0.4 is 10.6 Å². The summed E-state index contributed by atoms with van der Waals surface area (Å²) in [6, 6.07) is 9.18. The molecule has 0 fully saturated rings. The molecule has 2 aromatic rings. The Bertz CT molecular complexity index is 919. The van der Waals surface area contributed by atoms with Gasteiger partial charge in [0, 0.05) is 10.7 Å². The normalized spacial score (nSPS) is 12.5. The van der Waals surface area contributed by atoms with Gasteiger partial charge in [-0.15, -0.1) is 0 Å². The van der Waals surface area contributed by atoms with E-state index in [1.54, 1.807) is 43.9 Å². The van der Waals surface area contributed by atoms with Gasteiger partial charge >= 0.3 is 6.18 Å². The van der Waals surface area contributed by atoms with Crippen molar-refractivity contribution >= 4 is 34.8 Å². The summed E-state index contributed by atoms with van der Waals surface area (Å²) >= 11 is 6.06. The minimum absolute atomic E-state index is 0.244. The number of hydrogen-bond acceptors (Lipinski definition) is 3. The molecule has 0 aromatic heterocycles. The molecule has 0 bridgehead atoms. The molecule has 1 unspecified atom stereocenters. The molecule has 162 valence electrons. The molecule has 2 amide bonds. The van der Waals surface area contributed by atoms with E-state index in [1.165, 1.54) is 18.2 Å². The van der Waals surface area contributed by atoms with Crippen LogP contribution in [0.25, 0.3) is 0 Å². The molecule has 0 aliphatic carbocycles. The zero-order valence-corrected chi connectivity index (χ0v) is 17.6. The quantitative estimate of drug-likeness (QED) is 0.638. The van der Waals surface area contributed by atoms with Gasteiger partial charge in [0.1, 0.15) is 0 Å². The van der Waals surface area contributed by atoms with Gasteiger partial charge in [-0.05, 0) is 50.2 Å². The van der Waals surface area contributed by atoms with Crippen molar-refractivity contribution in [1.82, 2.24) is 4.90 Å². The number of alkyl halides is 3. The second kappa shape index (κ2) is 9.95. The number of carbonyl (C=O) groups is 2. The van der Waals surface area contributed by atoms with E-state index in [9.17, 15) is 22.8 Å². The average molecular weight is 442 g/mol. The lowest BCUT2D eigenvalue weighted by Crippen LogP contribution is -2.45. The fraction of sp³-hybridized carbons (Fsp3) is 0.333. The van der Waals surface area contributed by atoms with Crippen molar-refractivity contribution in [2.75, 3.05) is 23.7 Å². The first kappa shape index (κ1) is 23.7. The van der Waals surface area contributed by atoms with Crippen LogP contribution >= 0.6 is 11.6 Å². The summed E-state index contributed by atoms with van der Waals surface area (Å²) in [5.74, 6) is -1.00. The SMILES string of the molecule is CCN(CC(=O)Nc1ccccc1C(F)(F)F)C(C)C(=O)Nc1cccc(Cl)c1C. The van der Waals surface area contributed by atoms with Crippen molar-refractivity contribution in [3.8, 4) is 0 Å². The highest BCUT2D eigenvalue weighted by Gasteiger charge is 2.33. The summed E-state index contributed by atoms with van der Waals surface area (Å²) in [5.41, 5.74) is 0.0181. The van der Waals surface area contributed by atoms with Crippen LogP contribution in [0.4, 0.5) is 24.5 Å². The number of hydrogen-bond donors (Lipinski definition) is 2. The van der Waals surface area contributed by atoms with Crippen LogP contribution in [-0.4, -0.2) is 35.8 Å². The Kier molecular flexibility index (Phi) is 7.86. The van der Waals surface area contributed by atoms with Crippen molar-refractivity contribution in [2.24, 2.45) is 0 Å². The molecular formula is C21H23ClF3N3O2. The van der Waals surface area contributed by atoms with Gasteiger partial charge < -0.3 is 10.6 Å². The number of anilines is 2. The Morgan fingerprint density at radius 2 is 1.70 bits per heavy atom. The van der Waals surface area contributed by atoms with E-state index in [0.29, 0.717) is 22.8 Å². The molecule has 30 heavy (non-hydrogen) atoms. The molecule has 0 aliphatic rings. The summed E-state index contributed by atoms with van der Waals surface area (Å²) in [4.78, 5) is 26.6. The van der Waals surface area contributed by atoms with Crippen molar-refractivity contribution in [2.45, 2.75) is 33.0 Å². The zero-order chi connectivity index (χ0) is 22.5. The molecule has 0 saturated heterocycles. The smallest absolute Gasteiger partial charge is 0.324 e. The van der Waals surface area contributed by atoms with Crippen LogP contribution in [0.2, 0.25) is 5.02 Å². The predicted octanol–water partition coefficient (Wildman–Crippen LogP) is 4.95. The van der Waals surface area contributed by atoms with Crippen molar-refractivity contribution < 1.29 is 22.8 Å². The Hall–Kier alpha value is -2.58. The number of amides is 2. The van der Waals surface area contributed by atoms with E-state index < -0.39 is 23.7 Å². The third-order valence-electron chi connectivity index (χ3n) is 4.71. The number of rotatable bonds is 7. The molecule has 5 nitrogen and oxygen atoms in total. The molecule has 2 N–H and O–H groups in total. The van der Waals surface area contributed by atoms with E-state index in [2.05, 4.69) is 10.6 Å². The van der Waals surface area contributed by atoms with Crippen LogP contribution in [0.1, 0.15) is 25.0 Å². The summed E-state index contributed by atoms with van der Waals surface area (Å²) < 4.78 is 39.3. The molecule has 1 atom stereocenters. The Morgan fingerprint density at radius 3 is 2.33 bits per heavy atom. The highest BCUT2D eigenvalue weighted by Crippen LogP contribution is 2.34. The first-order chi connectivity index (χ1) is 14.0. The first-order valence-corrected chi connectivity index (χ1v) is 9.68. The monoisotopic (exact) mass is 441 g/mol. The lowest BCUT2D eigenvalue weighted by Gasteiger charge is -2.27. The van der Waals surface area contributed by atoms with E-state index in [-0.39, 0.29) is 18.1 Å². The van der Waals surface area contributed by atoms with Gasteiger partial charge in [-0.25, -0.2) is 0 Å². The van der Waals surface area contributed by atoms with E-state index in [1.807, 2.05) is 0 Å². The highest BCUT2D eigenvalue weighted by molar-refractivity contribution is 6.31. The van der Waals surface area contributed by atoms with Crippen LogP contribution in [0.15, 0.2) is 42.5 Å². The number of nitrogens with zero attached hydrogens (tertiary/aromatic N) is 1. The third-order valence-corrected chi connectivity index (χ3v) is 5.12. The summed E-state index contributed by atoms with van der Waals surface area (Å²) in [6.45, 7) is 5.25. The second-order valence-electron chi connectivity index (χ2n) is 6.73. The molecule has 2 aromatic carbocycles. The number of para-hydroxylation sites is 1. The van der Waals surface area contributed by atoms with Crippen LogP contribution in [0.3, 0.4) is 0 Å². The van der Waals surface area contributed by atoms with Crippen molar-refractivity contribution in [1.29, 1.82) is 0 Å². The fourth-order valence-corrected chi connectivity index (χ4v) is 3.06. The van der Waals surface area contributed by atoms with Crippen LogP contribution in [-0.2, 0) is 15.8 Å². The lowest BCUT2D eigenvalue weighted by molar-refractivity contribution is -0.137. The summed E-state index contributed by atoms with van der Waals surface area (Å²) in [6.07, 6.45) is -4.59. The Morgan fingerprint density at radius 1 is 1.07 bits per heavy atom. The maximum atomic E-state index is 13.1. The predicted molar refractivity (Wildman–Crippen MR) is 112 cm³/mol. The summed E-state index contributed by atoms with van der Waals surface area (Å²) in [5, 5.41) is 5.57. The molecule has 9 heteroatoms. The van der Waals surface area contributed by atoms with E-state index >= 15 is 0 Å². The van der Waals surface area contributed by atoms with Gasteiger partial charge in [-0.2, -0.15) is 13.2 Å². The van der Waals surface area contributed by atoms with Gasteiger partial charge in [0.2, 0.25) is 11.8 Å². The molecule has 0 spiro atoms. The molecule has 2 rings (SSSR count). The van der Waals surface area contributed by atoms with Crippen LogP contribution in [0, 0.1) is 6.92 Å². The molecule has 0 saturated carbocycles. The average Bonchev–Trinajstić information content (AvgIpc) is 2.68. The van der Waals surface area contributed by atoms with Gasteiger partial charge in [-0.1, -0.05) is 36.7 Å². The van der Waals surface area contributed by atoms with Gasteiger partial charge in [-0.3, -0.25) is 14.5 Å². The Labute approximate surface area is 178 Å². The maximum Gasteiger partial charge on any atom is 0.418 e. The van der Waals surface area contributed by atoms with E-state index in [4.69, 9.17) is 11.6 Å². The number of benzene rings is 2. The standard InChI is InChI=1S/C21H23ClF3N3O2/c1-4-28(14(3)20(30)27-17-11-7-9-16(22)13(17)2)12-19(29)26-18-10-6-5-8-15(18)21(23,24)25/h5-11,14H,4,12H2,1-3H3,(H,26,29)(H,27,30). The largest absolute Gasteiger partial charge is 0.418 e. The minimum Gasteiger partial charge on any atom is -0.324 e. The number of nitrogens with one attached hydrogen (secondary N) is 2. The van der Waals surface area contributed by atoms with Gasteiger partial charge in [0.25, 0.3) is 0 Å². The first-order valence-electron chi connectivity index (χ1n) is 9.30. The third kappa shape index (κ3) is 5.96. The minimum atomic E-state index is -4.59. The maximum absolute atomic E-state index is 13.1. The number of halogens is 4. The fourth-order valence-electron chi connectivity index (χ4n) is 2.88. The van der Waals surface area contributed by atoms with E-state index in [0.717, 1.165) is 6.07 Å². The van der Waals surface area contributed by atoms with Crippen LogP contribution in [0.5, 0.6) is 0 Å². The van der Waals surface area contributed by atoms with Crippen molar-refractivity contribution in [3.05, 3.63) is 58.6 Å². The molecular weight excluding hydrogens is 419 g/mol. The highest BCUT2D eigenvalue weighted by atomic mass is 35.5. The number of carbonyl (C=O) groups excluding carboxylic acids is 2. The summed E-state index contributed by atoms with van der Waals surface area (Å²) in [7, 11) is 0. The zero-order valence-electron chi connectivity index (χ0n) is 16.8. The van der Waals surface area contributed by atoms with Crippen molar-refractivity contribution in [3.63, 3.8) is 0 Å². The topological polar surface area (TPSA) is 61.4 Å². The lowest BCUT2D eigenvalue weighted by atomic mass is 10.1. The number of likely N-dealkylation sites (N-methyl/N-ethyl adjacent to an activating group) is 1. The molecule has 0 radical (unpaired) electrons. The molecule has 0 heterocycles. The van der Waals surface area contributed by atoms with Gasteiger partial charge in [0.05, 0.1) is 23.8 Å².